The Morgan fingerprint density at radius 2 is 1.72 bits per heavy atom. The van der Waals surface area contributed by atoms with Crippen LogP contribution in [0.2, 0.25) is 0 Å². The fourth-order valence-corrected chi connectivity index (χ4v) is 3.76. The second kappa shape index (κ2) is 5.35. The molecule has 0 saturated carbocycles. The van der Waals surface area contributed by atoms with Gasteiger partial charge in [0, 0.05) is 11.6 Å². The Labute approximate surface area is 145 Å². The molecule has 0 spiro atoms. The first kappa shape index (κ1) is 14.1. The summed E-state index contributed by atoms with van der Waals surface area (Å²) in [5.74, 6) is 0.677. The van der Waals surface area contributed by atoms with Gasteiger partial charge in [-0.15, -0.1) is 16.4 Å². The Kier molecular flexibility index (Phi) is 3.01. The minimum Gasteiger partial charge on any atom is -0.267 e. The van der Waals surface area contributed by atoms with Crippen LogP contribution in [0.5, 0.6) is 0 Å². The van der Waals surface area contributed by atoms with Crippen LogP contribution in [0.4, 0.5) is 0 Å². The number of nitrogens with zero attached hydrogens (tertiary/aromatic N) is 4. The monoisotopic (exact) mass is 345 g/mol. The Morgan fingerprint density at radius 1 is 0.920 bits per heavy atom. The highest BCUT2D eigenvalue weighted by Gasteiger charge is 2.13. The van der Waals surface area contributed by atoms with E-state index in [4.69, 9.17) is 0 Å². The van der Waals surface area contributed by atoms with Gasteiger partial charge in [0.25, 0.3) is 5.56 Å². The zero-order valence-corrected chi connectivity index (χ0v) is 13.7. The number of fused-ring (bicyclic) bond motifs is 2. The summed E-state index contributed by atoms with van der Waals surface area (Å²) in [6.07, 6.45) is 1.87. The smallest absolute Gasteiger partial charge is 0.267 e. The van der Waals surface area contributed by atoms with Crippen LogP contribution in [0, 0.1) is 0 Å². The first-order valence-electron chi connectivity index (χ1n) is 7.69. The Morgan fingerprint density at radius 3 is 2.60 bits per heavy atom. The van der Waals surface area contributed by atoms with Crippen molar-refractivity contribution in [3.05, 3.63) is 71.1 Å². The van der Waals surface area contributed by atoms with Gasteiger partial charge in [-0.25, -0.2) is 14.6 Å². The number of benzene rings is 1. The second-order valence-corrected chi connectivity index (χ2v) is 6.63. The van der Waals surface area contributed by atoms with Gasteiger partial charge >= 0.3 is 0 Å². The molecule has 120 valence electrons. The van der Waals surface area contributed by atoms with Gasteiger partial charge in [0.05, 0.1) is 15.1 Å². The maximum absolute atomic E-state index is 12.0. The molecule has 0 fully saturated rings. The summed E-state index contributed by atoms with van der Waals surface area (Å²) in [6, 6.07) is 17.2. The summed E-state index contributed by atoms with van der Waals surface area (Å²) < 4.78 is 1.75. The van der Waals surface area contributed by atoms with Crippen LogP contribution in [0.3, 0.4) is 0 Å². The number of nitrogens with one attached hydrogen (secondary N) is 1. The molecule has 1 N–H and O–H groups in total. The van der Waals surface area contributed by atoms with Crippen molar-refractivity contribution < 1.29 is 0 Å². The Balaban J connectivity index is 1.66. The average molecular weight is 345 g/mol. The molecular weight excluding hydrogens is 334 g/mol. The van der Waals surface area contributed by atoms with Crippen LogP contribution in [-0.2, 0) is 0 Å². The molecule has 0 bridgehead atoms. The van der Waals surface area contributed by atoms with Crippen LogP contribution in [0.1, 0.15) is 0 Å². The number of thiophene rings is 1. The van der Waals surface area contributed by atoms with Crippen LogP contribution < -0.4 is 5.56 Å². The molecule has 0 atom stereocenters. The SMILES string of the molecule is O=c1[nH]nc(-c2ccc(-c3nc4ccccn4n3)s2)c2ccccc12. The summed E-state index contributed by atoms with van der Waals surface area (Å²) in [6.45, 7) is 0. The molecule has 6 nitrogen and oxygen atoms in total. The Hall–Kier alpha value is -3.32. The van der Waals surface area contributed by atoms with Crippen molar-refractivity contribution in [3.63, 3.8) is 0 Å². The zero-order chi connectivity index (χ0) is 16.8. The second-order valence-electron chi connectivity index (χ2n) is 5.55. The van der Waals surface area contributed by atoms with Crippen molar-refractivity contribution >= 4 is 27.8 Å². The molecule has 0 saturated heterocycles. The number of aromatic amines is 1. The molecule has 0 radical (unpaired) electrons. The number of hydrogen-bond acceptors (Lipinski definition) is 5. The number of aromatic nitrogens is 5. The van der Waals surface area contributed by atoms with Gasteiger partial charge in [-0.3, -0.25) is 4.79 Å². The summed E-state index contributed by atoms with van der Waals surface area (Å²) in [7, 11) is 0. The van der Waals surface area contributed by atoms with E-state index in [-0.39, 0.29) is 5.56 Å². The molecule has 0 aliphatic carbocycles. The van der Waals surface area contributed by atoms with Gasteiger partial charge in [0.15, 0.2) is 11.5 Å². The van der Waals surface area contributed by atoms with Gasteiger partial charge in [-0.1, -0.05) is 24.3 Å². The van der Waals surface area contributed by atoms with Crippen LogP contribution in [0.25, 0.3) is 37.7 Å². The lowest BCUT2D eigenvalue weighted by Crippen LogP contribution is -2.08. The highest BCUT2D eigenvalue weighted by atomic mass is 32.1. The van der Waals surface area contributed by atoms with Crippen LogP contribution in [0.15, 0.2) is 65.6 Å². The van der Waals surface area contributed by atoms with E-state index in [0.29, 0.717) is 11.2 Å². The van der Waals surface area contributed by atoms with Crippen molar-refractivity contribution in [2.24, 2.45) is 0 Å². The molecule has 25 heavy (non-hydrogen) atoms. The predicted octanol–water partition coefficient (Wildman–Crippen LogP) is 3.36. The van der Waals surface area contributed by atoms with Crippen molar-refractivity contribution in [3.8, 4) is 21.3 Å². The first-order chi connectivity index (χ1) is 12.3. The van der Waals surface area contributed by atoms with E-state index < -0.39 is 0 Å². The number of hydrogen-bond donors (Lipinski definition) is 1. The molecular formula is C18H11N5OS. The third kappa shape index (κ3) is 2.25. The molecule has 5 aromatic rings. The average Bonchev–Trinajstić information content (AvgIpc) is 3.29. The van der Waals surface area contributed by atoms with Crippen LogP contribution >= 0.6 is 11.3 Å². The van der Waals surface area contributed by atoms with Gasteiger partial charge in [0.2, 0.25) is 0 Å². The van der Waals surface area contributed by atoms with Gasteiger partial charge < -0.3 is 0 Å². The lowest BCUT2D eigenvalue weighted by atomic mass is 10.1. The predicted molar refractivity (Wildman–Crippen MR) is 97.7 cm³/mol. The van der Waals surface area contributed by atoms with Gasteiger partial charge in [-0.05, 0) is 30.3 Å². The third-order valence-corrected chi connectivity index (χ3v) is 5.09. The molecule has 4 heterocycles. The fourth-order valence-electron chi connectivity index (χ4n) is 2.82. The molecule has 0 amide bonds. The van der Waals surface area contributed by atoms with Crippen molar-refractivity contribution in [1.29, 1.82) is 0 Å². The maximum atomic E-state index is 12.0. The number of H-pyrrole nitrogens is 1. The minimum atomic E-state index is -0.182. The largest absolute Gasteiger partial charge is 0.272 e. The van der Waals surface area contributed by atoms with E-state index >= 15 is 0 Å². The molecule has 4 aromatic heterocycles. The standard InChI is InChI=1S/C18H11N5OS/c24-18-12-6-2-1-5-11(12)16(20-21-18)13-8-9-14(25-13)17-19-15-7-3-4-10-23(15)22-17/h1-10H,(H,21,24). The van der Waals surface area contributed by atoms with Gasteiger partial charge in [0.1, 0.15) is 5.69 Å². The summed E-state index contributed by atoms with van der Waals surface area (Å²) >= 11 is 1.55. The fraction of sp³-hybridized carbons (Fsp3) is 0. The summed E-state index contributed by atoms with van der Waals surface area (Å²) in [4.78, 5) is 18.4. The Bertz CT molecular complexity index is 1250. The van der Waals surface area contributed by atoms with E-state index in [0.717, 1.165) is 26.5 Å². The van der Waals surface area contributed by atoms with E-state index in [9.17, 15) is 4.79 Å². The summed E-state index contributed by atoms with van der Waals surface area (Å²) in [5.41, 5.74) is 1.38. The number of rotatable bonds is 2. The van der Waals surface area contributed by atoms with Crippen LogP contribution in [-0.4, -0.2) is 24.8 Å². The summed E-state index contributed by atoms with van der Waals surface area (Å²) in [5, 5.41) is 12.8. The highest BCUT2D eigenvalue weighted by molar-refractivity contribution is 7.18. The first-order valence-corrected chi connectivity index (χ1v) is 8.51. The molecule has 1 aromatic carbocycles. The van der Waals surface area contributed by atoms with Gasteiger partial charge in [-0.2, -0.15) is 5.10 Å². The molecule has 0 unspecified atom stereocenters. The van der Waals surface area contributed by atoms with Crippen molar-refractivity contribution in [1.82, 2.24) is 24.8 Å². The van der Waals surface area contributed by atoms with Crippen molar-refractivity contribution in [2.75, 3.05) is 0 Å². The van der Waals surface area contributed by atoms with E-state index in [1.54, 1.807) is 21.9 Å². The van der Waals surface area contributed by atoms with E-state index in [1.165, 1.54) is 0 Å². The quantitative estimate of drug-likeness (QED) is 0.532. The maximum Gasteiger partial charge on any atom is 0.272 e. The zero-order valence-electron chi connectivity index (χ0n) is 12.9. The molecule has 5 rings (SSSR count). The molecule has 0 aliphatic heterocycles. The highest BCUT2D eigenvalue weighted by Crippen LogP contribution is 2.34. The lowest BCUT2D eigenvalue weighted by Gasteiger charge is -2.01. The minimum absolute atomic E-state index is 0.182. The molecule has 7 heteroatoms. The topological polar surface area (TPSA) is 75.9 Å². The van der Waals surface area contributed by atoms with E-state index in [2.05, 4.69) is 20.3 Å². The normalized spacial score (nSPS) is 11.4. The molecule has 0 aliphatic rings. The van der Waals surface area contributed by atoms with Crippen molar-refractivity contribution in [2.45, 2.75) is 0 Å². The lowest BCUT2D eigenvalue weighted by molar-refractivity contribution is 0.967. The van der Waals surface area contributed by atoms with E-state index in [1.807, 2.05) is 54.7 Å². The third-order valence-electron chi connectivity index (χ3n) is 4.00. The number of pyridine rings is 1.